The first kappa shape index (κ1) is 32.7. The minimum Gasteiger partial charge on any atom is -0.491 e. The van der Waals surface area contributed by atoms with Crippen LogP contribution in [0.15, 0.2) is 109 Å². The molecule has 2 aliphatic rings. The summed E-state index contributed by atoms with van der Waals surface area (Å²) in [5.74, 6) is -0.386. The fourth-order valence-electron chi connectivity index (χ4n) is 6.82. The number of fused-ring (bicyclic) bond motifs is 1. The number of hydrogen-bond donors (Lipinski definition) is 0. The van der Waals surface area contributed by atoms with Gasteiger partial charge < -0.3 is 24.0 Å². The van der Waals surface area contributed by atoms with Crippen molar-refractivity contribution in [2.75, 3.05) is 49.2 Å². The van der Waals surface area contributed by atoms with Crippen LogP contribution in [0.25, 0.3) is 16.5 Å². The average Bonchev–Trinajstić information content (AvgIpc) is 3.95. The van der Waals surface area contributed by atoms with Gasteiger partial charge >= 0.3 is 5.69 Å². The molecule has 5 heterocycles. The Morgan fingerprint density at radius 3 is 2.22 bits per heavy atom. The van der Waals surface area contributed by atoms with Crippen molar-refractivity contribution in [1.82, 2.24) is 34.3 Å². The monoisotopic (exact) mass is 687 g/mol. The third-order valence-electron chi connectivity index (χ3n) is 9.82. The quantitative estimate of drug-likeness (QED) is 0.188. The molecule has 13 heteroatoms. The molecule has 0 N–H and O–H groups in total. The second-order valence-corrected chi connectivity index (χ2v) is 13.0. The van der Waals surface area contributed by atoms with Crippen molar-refractivity contribution in [1.29, 1.82) is 0 Å². The highest BCUT2D eigenvalue weighted by atomic mass is 16.8. The predicted octanol–water partition coefficient (Wildman–Crippen LogP) is 4.82. The van der Waals surface area contributed by atoms with Gasteiger partial charge in [0.15, 0.2) is 0 Å². The number of pyridine rings is 1. The third-order valence-corrected chi connectivity index (χ3v) is 9.82. The number of benzene rings is 3. The summed E-state index contributed by atoms with van der Waals surface area (Å²) in [6.07, 6.45) is 7.20. The number of ether oxygens (including phenoxy) is 3. The van der Waals surface area contributed by atoms with Crippen molar-refractivity contribution in [3.8, 4) is 11.4 Å². The van der Waals surface area contributed by atoms with E-state index in [4.69, 9.17) is 19.2 Å². The van der Waals surface area contributed by atoms with E-state index in [1.54, 1.807) is 39.0 Å². The summed E-state index contributed by atoms with van der Waals surface area (Å²) in [7, 11) is 0. The first-order chi connectivity index (χ1) is 25.0. The van der Waals surface area contributed by atoms with Crippen LogP contribution in [-0.4, -0.2) is 79.8 Å². The Labute approximate surface area is 295 Å². The highest BCUT2D eigenvalue weighted by Crippen LogP contribution is 2.38. The SMILES string of the molecule is CCC(C)n1ncn(-c2ccc(N3CCN(c4ccc(OC[C@@H]5CO[C@@](Cn6nccn6)(c6nccc7ccccc67)O5)cc4)CC3)cc2)c1=O. The molecule has 8 rings (SSSR count). The van der Waals surface area contributed by atoms with Crippen LogP contribution in [0, 0.1) is 0 Å². The molecule has 3 aromatic heterocycles. The van der Waals surface area contributed by atoms with Gasteiger partial charge in [-0.05, 0) is 73.3 Å². The van der Waals surface area contributed by atoms with Gasteiger partial charge in [-0.15, -0.1) is 0 Å². The van der Waals surface area contributed by atoms with Gasteiger partial charge in [0.1, 0.15) is 37.0 Å². The number of anilines is 2. The molecule has 2 aliphatic heterocycles. The molecule has 13 nitrogen and oxygen atoms in total. The number of hydrogen-bond acceptors (Lipinski definition) is 10. The number of piperazine rings is 1. The van der Waals surface area contributed by atoms with Gasteiger partial charge in [-0.2, -0.15) is 20.1 Å². The van der Waals surface area contributed by atoms with E-state index in [0.29, 0.717) is 18.9 Å². The van der Waals surface area contributed by atoms with Gasteiger partial charge in [0.2, 0.25) is 5.79 Å². The van der Waals surface area contributed by atoms with Gasteiger partial charge in [0.25, 0.3) is 0 Å². The van der Waals surface area contributed by atoms with E-state index in [0.717, 1.165) is 66.2 Å². The second-order valence-electron chi connectivity index (χ2n) is 13.0. The molecule has 262 valence electrons. The van der Waals surface area contributed by atoms with Gasteiger partial charge in [-0.25, -0.2) is 14.0 Å². The largest absolute Gasteiger partial charge is 0.491 e. The maximum absolute atomic E-state index is 12.8. The van der Waals surface area contributed by atoms with E-state index < -0.39 is 5.79 Å². The smallest absolute Gasteiger partial charge is 0.350 e. The van der Waals surface area contributed by atoms with Crippen molar-refractivity contribution < 1.29 is 14.2 Å². The van der Waals surface area contributed by atoms with Crippen LogP contribution in [-0.2, 0) is 21.8 Å². The summed E-state index contributed by atoms with van der Waals surface area (Å²) >= 11 is 0. The molecule has 2 fully saturated rings. The number of rotatable bonds is 11. The lowest BCUT2D eigenvalue weighted by molar-refractivity contribution is -0.194. The lowest BCUT2D eigenvalue weighted by atomic mass is 10.0. The van der Waals surface area contributed by atoms with Crippen LogP contribution in [0.1, 0.15) is 32.0 Å². The molecule has 0 bridgehead atoms. The summed E-state index contributed by atoms with van der Waals surface area (Å²) in [5, 5.41) is 14.9. The van der Waals surface area contributed by atoms with Crippen LogP contribution in [0.2, 0.25) is 0 Å². The highest BCUT2D eigenvalue weighted by Gasteiger charge is 2.47. The fraction of sp³-hybridized carbons (Fsp3) is 0.342. The zero-order valence-corrected chi connectivity index (χ0v) is 28.8. The Kier molecular flexibility index (Phi) is 8.97. The molecule has 0 saturated carbocycles. The molecule has 0 amide bonds. The Hall–Kier alpha value is -5.53. The van der Waals surface area contributed by atoms with Crippen molar-refractivity contribution in [3.05, 3.63) is 120 Å². The lowest BCUT2D eigenvalue weighted by Crippen LogP contribution is -2.46. The summed E-state index contributed by atoms with van der Waals surface area (Å²) in [5.41, 5.74) is 3.70. The standard InChI is InChI=1S/C38H41N9O4/c1-3-28(2)47-37(48)45(27-42-47)32-10-8-30(9-11-32)43-20-22-44(23-21-43)31-12-14-33(15-13-31)49-24-34-25-50-38(51-34,26-46-40-18-19-41-46)36-35-7-5-4-6-29(35)16-17-39-36/h4-19,27-28,34H,3,20-26H2,1-2H3/t28?,34-,38-/m1/s1. The van der Waals surface area contributed by atoms with Crippen LogP contribution in [0.3, 0.4) is 0 Å². The van der Waals surface area contributed by atoms with Gasteiger partial charge in [0.05, 0.1) is 30.7 Å². The average molecular weight is 688 g/mol. The molecule has 0 aliphatic carbocycles. The van der Waals surface area contributed by atoms with Crippen molar-refractivity contribution in [3.63, 3.8) is 0 Å². The van der Waals surface area contributed by atoms with Crippen molar-refractivity contribution >= 4 is 22.1 Å². The van der Waals surface area contributed by atoms with E-state index in [1.807, 2.05) is 55.5 Å². The van der Waals surface area contributed by atoms with Crippen LogP contribution >= 0.6 is 0 Å². The molecule has 1 unspecified atom stereocenters. The summed E-state index contributed by atoms with van der Waals surface area (Å²) in [6, 6.07) is 26.5. The molecular weight excluding hydrogens is 646 g/mol. The first-order valence-electron chi connectivity index (χ1n) is 17.5. The van der Waals surface area contributed by atoms with E-state index >= 15 is 0 Å². The topological polar surface area (TPSA) is 118 Å². The normalized spacial score (nSPS) is 19.8. The van der Waals surface area contributed by atoms with Gasteiger partial charge in [-0.3, -0.25) is 4.98 Å². The third kappa shape index (κ3) is 6.57. The molecule has 3 aromatic carbocycles. The molecule has 2 saturated heterocycles. The van der Waals surface area contributed by atoms with Crippen molar-refractivity contribution in [2.45, 2.75) is 44.7 Å². The Morgan fingerprint density at radius 2 is 1.51 bits per heavy atom. The van der Waals surface area contributed by atoms with Crippen molar-refractivity contribution in [2.24, 2.45) is 0 Å². The maximum Gasteiger partial charge on any atom is 0.350 e. The Morgan fingerprint density at radius 1 is 0.843 bits per heavy atom. The fourth-order valence-corrected chi connectivity index (χ4v) is 6.82. The first-order valence-corrected chi connectivity index (χ1v) is 17.5. The molecule has 0 radical (unpaired) electrons. The summed E-state index contributed by atoms with van der Waals surface area (Å²) < 4.78 is 22.4. The minimum absolute atomic E-state index is 0.0672. The van der Waals surface area contributed by atoms with Crippen LogP contribution in [0.5, 0.6) is 5.75 Å². The lowest BCUT2D eigenvalue weighted by Gasteiger charge is -2.37. The zero-order chi connectivity index (χ0) is 34.8. The van der Waals surface area contributed by atoms with Crippen LogP contribution < -0.4 is 20.2 Å². The van der Waals surface area contributed by atoms with Crippen LogP contribution in [0.4, 0.5) is 11.4 Å². The highest BCUT2D eigenvalue weighted by molar-refractivity contribution is 5.84. The summed E-state index contributed by atoms with van der Waals surface area (Å²) in [4.78, 5) is 23.9. The molecule has 51 heavy (non-hydrogen) atoms. The van der Waals surface area contributed by atoms with Gasteiger partial charge in [0, 0.05) is 49.1 Å². The number of aromatic nitrogens is 7. The number of nitrogens with zero attached hydrogens (tertiary/aromatic N) is 9. The summed E-state index contributed by atoms with van der Waals surface area (Å²) in [6.45, 7) is 8.56. The second kappa shape index (κ2) is 14.0. The molecule has 0 spiro atoms. The predicted molar refractivity (Wildman–Crippen MR) is 193 cm³/mol. The molecule has 3 atom stereocenters. The van der Waals surface area contributed by atoms with E-state index in [1.165, 1.54) is 0 Å². The molecule has 6 aromatic rings. The maximum atomic E-state index is 12.8. The molecular formula is C38H41N9O4. The van der Waals surface area contributed by atoms with E-state index in [-0.39, 0.29) is 24.4 Å². The Balaban J connectivity index is 0.867. The zero-order valence-electron chi connectivity index (χ0n) is 28.8. The van der Waals surface area contributed by atoms with Gasteiger partial charge in [-0.1, -0.05) is 31.2 Å². The van der Waals surface area contributed by atoms with E-state index in [9.17, 15) is 4.79 Å². The Bertz CT molecular complexity index is 2120. The minimum atomic E-state index is -1.15. The van der Waals surface area contributed by atoms with E-state index in [2.05, 4.69) is 62.4 Å².